The normalized spacial score (nSPS) is 14.0. The molecule has 3 atom stereocenters. The second kappa shape index (κ2) is 16.0. The Morgan fingerprint density at radius 2 is 1.49 bits per heavy atom. The highest BCUT2D eigenvalue weighted by atomic mass is 32.2. The molecule has 4 N–H and O–H groups in total. The number of hydrogen-bond donors (Lipinski definition) is 4. The number of hydrogen-bond acceptors (Lipinski definition) is 7. The molecule has 3 aromatic carbocycles. The summed E-state index contributed by atoms with van der Waals surface area (Å²) < 4.78 is 32.9. The number of hydroxylamine groups is 1. The molecule has 0 unspecified atom stereocenters. The summed E-state index contributed by atoms with van der Waals surface area (Å²) in [5, 5.41) is 22.5. The number of sulfonamides is 1. The van der Waals surface area contributed by atoms with E-state index in [-0.39, 0.29) is 24.5 Å². The number of benzene rings is 3. The second-order valence-electron chi connectivity index (χ2n) is 12.2. The van der Waals surface area contributed by atoms with Gasteiger partial charge in [-0.1, -0.05) is 75.4 Å². The van der Waals surface area contributed by atoms with E-state index >= 15 is 0 Å². The minimum Gasteiger partial charge on any atom is -0.497 e. The van der Waals surface area contributed by atoms with Crippen LogP contribution in [0.4, 0.5) is 0 Å². The number of nitrogens with one attached hydrogen (secondary N) is 2. The van der Waals surface area contributed by atoms with E-state index in [0.29, 0.717) is 18.6 Å². The Hall–Kier alpha value is -3.77. The third-order valence-corrected chi connectivity index (χ3v) is 9.91. The zero-order chi connectivity index (χ0) is 33.2. The molecule has 244 valence electrons. The van der Waals surface area contributed by atoms with Gasteiger partial charge in [0, 0.05) is 13.6 Å². The van der Waals surface area contributed by atoms with Crippen molar-refractivity contribution in [2.45, 2.75) is 51.0 Å². The molecule has 0 aliphatic heterocycles. The largest absolute Gasteiger partial charge is 0.497 e. The summed E-state index contributed by atoms with van der Waals surface area (Å²) in [7, 11) is -1.26. The Labute approximate surface area is 266 Å². The lowest BCUT2D eigenvalue weighted by Gasteiger charge is -2.33. The lowest BCUT2D eigenvalue weighted by Crippen LogP contribution is -2.52. The molecule has 3 rings (SSSR count). The molecule has 0 aliphatic carbocycles. The van der Waals surface area contributed by atoms with E-state index in [0.717, 1.165) is 21.0 Å². The van der Waals surface area contributed by atoms with Crippen molar-refractivity contribution in [2.75, 3.05) is 27.3 Å². The van der Waals surface area contributed by atoms with Gasteiger partial charge in [-0.05, 0) is 65.6 Å². The molecular weight excluding hydrogens is 594 g/mol. The molecule has 45 heavy (non-hydrogen) atoms. The topological polar surface area (TPSA) is 145 Å². The van der Waals surface area contributed by atoms with Crippen molar-refractivity contribution in [3.05, 3.63) is 84.4 Å². The van der Waals surface area contributed by atoms with Gasteiger partial charge in [0.1, 0.15) is 5.75 Å². The predicted molar refractivity (Wildman–Crippen MR) is 173 cm³/mol. The van der Waals surface area contributed by atoms with Gasteiger partial charge >= 0.3 is 0 Å². The number of methoxy groups -OCH3 is 1. The summed E-state index contributed by atoms with van der Waals surface area (Å²) >= 11 is 0. The number of aliphatic hydroxyl groups excluding tert-OH is 1. The number of carbonyl (C=O) groups excluding carboxylic acids is 2. The molecule has 0 saturated carbocycles. The molecule has 0 bridgehead atoms. The van der Waals surface area contributed by atoms with Gasteiger partial charge in [0.15, 0.2) is 0 Å². The van der Waals surface area contributed by atoms with Crippen LogP contribution in [-0.4, -0.2) is 68.2 Å². The number of carbonyl (C=O) groups is 2. The smallest absolute Gasteiger partial charge is 0.248 e. The molecule has 11 heteroatoms. The number of amides is 2. The Kier molecular flexibility index (Phi) is 12.7. The molecule has 0 aromatic heterocycles. The van der Waals surface area contributed by atoms with Crippen molar-refractivity contribution >= 4 is 21.8 Å². The molecule has 0 heterocycles. The Morgan fingerprint density at radius 3 is 2.02 bits per heavy atom. The van der Waals surface area contributed by atoms with Gasteiger partial charge in [-0.25, -0.2) is 18.2 Å². The number of ether oxygens (including phenoxy) is 1. The molecule has 3 aromatic rings. The summed E-state index contributed by atoms with van der Waals surface area (Å²) in [5.41, 5.74) is 4.37. The molecule has 0 aliphatic rings. The van der Waals surface area contributed by atoms with E-state index < -0.39 is 45.1 Å². The summed E-state index contributed by atoms with van der Waals surface area (Å²) in [6.07, 6.45) is 1.34. The maximum Gasteiger partial charge on any atom is 0.248 e. The Balaban J connectivity index is 1.85. The highest BCUT2D eigenvalue weighted by molar-refractivity contribution is 7.89. The molecule has 0 fully saturated rings. The van der Waals surface area contributed by atoms with Gasteiger partial charge < -0.3 is 15.2 Å². The molecule has 0 spiro atoms. The van der Waals surface area contributed by atoms with Crippen LogP contribution >= 0.6 is 0 Å². The SMILES string of the molecule is COc1ccc(S(=O)(=O)N(C)C[C@H](C(=O)NO)[C@@H](CCCc2ccc(-c3ccccc3)cc2)C(=O)N[C@H](CO)C(C)(C)C)cc1. The van der Waals surface area contributed by atoms with Crippen LogP contribution in [0.25, 0.3) is 11.1 Å². The summed E-state index contributed by atoms with van der Waals surface area (Å²) in [6.45, 7) is 4.92. The van der Waals surface area contributed by atoms with Gasteiger partial charge in [-0.3, -0.25) is 14.8 Å². The minimum absolute atomic E-state index is 0.0121. The first kappa shape index (κ1) is 35.7. The standard InChI is InChI=1S/C34H45N3O7S/c1-34(2,3)31(23-38)35-32(39)29(13-9-10-24-14-16-26(17-15-24)25-11-7-6-8-12-25)30(33(40)36-41)22-37(4)45(42,43)28-20-18-27(44-5)19-21-28/h6-8,11-12,14-21,29-31,38,41H,9-10,13,22-23H2,1-5H3,(H,35,39)(H,36,40)/t29-,30+,31-/m1/s1. The predicted octanol–water partition coefficient (Wildman–Crippen LogP) is 4.27. The molecule has 10 nitrogen and oxygen atoms in total. The lowest BCUT2D eigenvalue weighted by molar-refractivity contribution is -0.141. The third-order valence-electron chi connectivity index (χ3n) is 8.08. The fraction of sp³-hybridized carbons (Fsp3) is 0.412. The number of nitrogens with zero attached hydrogens (tertiary/aromatic N) is 1. The van der Waals surface area contributed by atoms with Crippen molar-refractivity contribution in [1.82, 2.24) is 15.1 Å². The maximum atomic E-state index is 13.8. The molecule has 2 amide bonds. The quantitative estimate of drug-likeness (QED) is 0.144. The lowest BCUT2D eigenvalue weighted by atomic mass is 9.83. The summed E-state index contributed by atoms with van der Waals surface area (Å²) in [6, 6.07) is 23.3. The fourth-order valence-electron chi connectivity index (χ4n) is 5.13. The van der Waals surface area contributed by atoms with Crippen LogP contribution in [0.5, 0.6) is 5.75 Å². The molecule has 0 radical (unpaired) electrons. The van der Waals surface area contributed by atoms with Gasteiger partial charge in [-0.2, -0.15) is 0 Å². The van der Waals surface area contributed by atoms with Crippen LogP contribution in [0.3, 0.4) is 0 Å². The maximum absolute atomic E-state index is 13.8. The molecular formula is C34H45N3O7S. The fourth-order valence-corrected chi connectivity index (χ4v) is 6.33. The minimum atomic E-state index is -4.06. The first-order valence-electron chi connectivity index (χ1n) is 14.9. The summed E-state index contributed by atoms with van der Waals surface area (Å²) in [4.78, 5) is 26.8. The number of rotatable bonds is 15. The van der Waals surface area contributed by atoms with Crippen LogP contribution in [0.1, 0.15) is 39.2 Å². The Morgan fingerprint density at radius 1 is 0.889 bits per heavy atom. The van der Waals surface area contributed by atoms with Crippen LogP contribution in [0.15, 0.2) is 83.8 Å². The average Bonchev–Trinajstić information content (AvgIpc) is 3.04. The van der Waals surface area contributed by atoms with E-state index in [1.807, 2.05) is 75.4 Å². The third kappa shape index (κ3) is 9.61. The van der Waals surface area contributed by atoms with Crippen molar-refractivity contribution in [3.8, 4) is 16.9 Å². The van der Waals surface area contributed by atoms with Gasteiger partial charge in [0.25, 0.3) is 0 Å². The highest BCUT2D eigenvalue weighted by Gasteiger charge is 2.38. The van der Waals surface area contributed by atoms with Crippen molar-refractivity contribution in [3.63, 3.8) is 0 Å². The first-order valence-corrected chi connectivity index (χ1v) is 16.4. The van der Waals surface area contributed by atoms with Crippen molar-refractivity contribution < 1.29 is 33.1 Å². The molecule has 0 saturated heterocycles. The summed E-state index contributed by atoms with van der Waals surface area (Å²) in [5.74, 6) is -3.14. The monoisotopic (exact) mass is 639 g/mol. The van der Waals surface area contributed by atoms with E-state index in [1.54, 1.807) is 5.48 Å². The van der Waals surface area contributed by atoms with Crippen LogP contribution < -0.4 is 15.5 Å². The number of aliphatic hydroxyl groups is 1. The van der Waals surface area contributed by atoms with Crippen molar-refractivity contribution in [1.29, 1.82) is 0 Å². The Bertz CT molecular complexity index is 1490. The van der Waals surface area contributed by atoms with Crippen LogP contribution in [-0.2, 0) is 26.0 Å². The van der Waals surface area contributed by atoms with E-state index in [2.05, 4.69) is 5.32 Å². The van der Waals surface area contributed by atoms with E-state index in [4.69, 9.17) is 4.74 Å². The van der Waals surface area contributed by atoms with Gasteiger partial charge in [0.2, 0.25) is 21.8 Å². The zero-order valence-electron chi connectivity index (χ0n) is 26.6. The van der Waals surface area contributed by atoms with Crippen LogP contribution in [0.2, 0.25) is 0 Å². The second-order valence-corrected chi connectivity index (χ2v) is 14.3. The van der Waals surface area contributed by atoms with Crippen LogP contribution in [0, 0.1) is 17.3 Å². The van der Waals surface area contributed by atoms with E-state index in [9.17, 15) is 28.3 Å². The number of aryl methyl sites for hydroxylation is 1. The first-order chi connectivity index (χ1) is 21.3. The zero-order valence-corrected chi connectivity index (χ0v) is 27.4. The van der Waals surface area contributed by atoms with Gasteiger partial charge in [0.05, 0.1) is 36.5 Å². The average molecular weight is 640 g/mol. The van der Waals surface area contributed by atoms with Crippen molar-refractivity contribution in [2.24, 2.45) is 17.3 Å². The van der Waals surface area contributed by atoms with Gasteiger partial charge in [-0.15, -0.1) is 0 Å². The van der Waals surface area contributed by atoms with E-state index in [1.165, 1.54) is 38.4 Å². The highest BCUT2D eigenvalue weighted by Crippen LogP contribution is 2.27.